The van der Waals surface area contributed by atoms with Gasteiger partial charge in [-0.15, -0.1) is 0 Å². The van der Waals surface area contributed by atoms with E-state index in [1.165, 1.54) is 0 Å². The lowest BCUT2D eigenvalue weighted by Gasteiger charge is -2.11. The lowest BCUT2D eigenvalue weighted by Crippen LogP contribution is -2.30. The number of amides is 1. The maximum atomic E-state index is 11.9. The van der Waals surface area contributed by atoms with Crippen LogP contribution in [0.4, 0.5) is 0 Å². The Bertz CT molecular complexity index is 731. The van der Waals surface area contributed by atoms with E-state index in [9.17, 15) is 9.90 Å². The monoisotopic (exact) mass is 295 g/mol. The van der Waals surface area contributed by atoms with E-state index < -0.39 is 12.0 Å². The summed E-state index contributed by atoms with van der Waals surface area (Å²) in [7, 11) is 0. The lowest BCUT2D eigenvalue weighted by molar-refractivity contribution is -0.129. The van der Waals surface area contributed by atoms with Crippen LogP contribution in [0.3, 0.4) is 0 Å². The summed E-state index contributed by atoms with van der Waals surface area (Å²) in [4.78, 5) is 11.9. The molecule has 0 bridgehead atoms. The van der Waals surface area contributed by atoms with Gasteiger partial charge in [-0.05, 0) is 17.7 Å². The number of hydrogen-bond donors (Lipinski definition) is 2. The fraction of sp³-hybridized carbons (Fsp3) is 0.167. The van der Waals surface area contributed by atoms with Crippen LogP contribution in [0.5, 0.6) is 0 Å². The van der Waals surface area contributed by atoms with Gasteiger partial charge < -0.3 is 14.8 Å². The van der Waals surface area contributed by atoms with E-state index in [1.54, 1.807) is 24.3 Å². The summed E-state index contributed by atoms with van der Waals surface area (Å²) < 4.78 is 5.68. The molecule has 3 rings (SSSR count). The molecule has 1 heterocycles. The molecule has 1 unspecified atom stereocenters. The third-order valence-corrected chi connectivity index (χ3v) is 3.51. The minimum atomic E-state index is -1.14. The predicted molar refractivity (Wildman–Crippen MR) is 84.3 cm³/mol. The largest absolute Gasteiger partial charge is 0.461 e. The zero-order chi connectivity index (χ0) is 15.4. The molecule has 0 saturated carbocycles. The van der Waals surface area contributed by atoms with Crippen LogP contribution < -0.4 is 5.32 Å². The molecule has 0 aliphatic rings. The highest BCUT2D eigenvalue weighted by Gasteiger charge is 2.16. The van der Waals surface area contributed by atoms with Crippen LogP contribution in [-0.2, 0) is 11.2 Å². The molecule has 22 heavy (non-hydrogen) atoms. The number of aliphatic hydroxyl groups is 1. The van der Waals surface area contributed by atoms with Crippen LogP contribution in [0, 0.1) is 0 Å². The summed E-state index contributed by atoms with van der Waals surface area (Å²) in [5.41, 5.74) is 1.43. The Morgan fingerprint density at radius 1 is 1.09 bits per heavy atom. The van der Waals surface area contributed by atoms with Crippen LogP contribution in [0.2, 0.25) is 0 Å². The second-order valence-electron chi connectivity index (χ2n) is 5.10. The van der Waals surface area contributed by atoms with Gasteiger partial charge in [0.25, 0.3) is 5.91 Å². The van der Waals surface area contributed by atoms with E-state index in [2.05, 4.69) is 5.32 Å². The van der Waals surface area contributed by atoms with Crippen molar-refractivity contribution in [1.82, 2.24) is 5.32 Å². The molecule has 4 heteroatoms. The van der Waals surface area contributed by atoms with Gasteiger partial charge in [-0.25, -0.2) is 0 Å². The summed E-state index contributed by atoms with van der Waals surface area (Å²) in [5, 5.41) is 13.7. The first kappa shape index (κ1) is 14.4. The normalized spacial score (nSPS) is 12.2. The summed E-state index contributed by atoms with van der Waals surface area (Å²) in [5.74, 6) is 0.415. The fourth-order valence-corrected chi connectivity index (χ4v) is 2.35. The first-order chi connectivity index (χ1) is 10.7. The number of hydrogen-bond acceptors (Lipinski definition) is 3. The number of carbonyl (C=O) groups is 1. The first-order valence-corrected chi connectivity index (χ1v) is 7.22. The van der Waals surface area contributed by atoms with Crippen molar-refractivity contribution in [3.8, 4) is 0 Å². The number of para-hydroxylation sites is 1. The zero-order valence-electron chi connectivity index (χ0n) is 12.0. The van der Waals surface area contributed by atoms with Crippen molar-refractivity contribution >= 4 is 16.9 Å². The van der Waals surface area contributed by atoms with Crippen LogP contribution in [0.15, 0.2) is 65.1 Å². The number of rotatable bonds is 5. The Morgan fingerprint density at radius 3 is 2.59 bits per heavy atom. The molecule has 0 spiro atoms. The Labute approximate surface area is 128 Å². The van der Waals surface area contributed by atoms with Crippen LogP contribution >= 0.6 is 0 Å². The number of nitrogens with one attached hydrogen (secondary N) is 1. The van der Waals surface area contributed by atoms with Crippen molar-refractivity contribution in [2.75, 3.05) is 6.54 Å². The molecule has 2 aromatic carbocycles. The lowest BCUT2D eigenvalue weighted by atomic mass is 10.1. The van der Waals surface area contributed by atoms with Crippen LogP contribution in [-0.4, -0.2) is 17.6 Å². The molecule has 0 aliphatic carbocycles. The highest BCUT2D eigenvalue weighted by Crippen LogP contribution is 2.19. The average molecular weight is 295 g/mol. The molecular formula is C18H17NO3. The molecule has 3 aromatic rings. The van der Waals surface area contributed by atoms with E-state index in [4.69, 9.17) is 4.42 Å². The summed E-state index contributed by atoms with van der Waals surface area (Å²) in [6.07, 6.45) is -0.557. The standard InChI is InChI=1S/C18H17NO3/c20-17(13-6-2-1-3-7-13)18(21)19-11-10-15-12-14-8-4-5-9-16(14)22-15/h1-9,12,17,20H,10-11H2,(H,19,21). The summed E-state index contributed by atoms with van der Waals surface area (Å²) in [6.45, 7) is 0.419. The molecular weight excluding hydrogens is 278 g/mol. The van der Waals surface area contributed by atoms with Crippen molar-refractivity contribution in [1.29, 1.82) is 0 Å². The van der Waals surface area contributed by atoms with Gasteiger partial charge in [-0.3, -0.25) is 4.79 Å². The third kappa shape index (κ3) is 3.18. The van der Waals surface area contributed by atoms with Gasteiger partial charge in [-0.2, -0.15) is 0 Å². The number of aliphatic hydroxyl groups excluding tert-OH is 1. The SMILES string of the molecule is O=C(NCCc1cc2ccccc2o1)C(O)c1ccccc1. The van der Waals surface area contributed by atoms with Gasteiger partial charge in [0.2, 0.25) is 0 Å². The topological polar surface area (TPSA) is 62.5 Å². The minimum Gasteiger partial charge on any atom is -0.461 e. The van der Waals surface area contributed by atoms with E-state index in [0.29, 0.717) is 18.5 Å². The van der Waals surface area contributed by atoms with Gasteiger partial charge in [0, 0.05) is 18.4 Å². The molecule has 1 aromatic heterocycles. The highest BCUT2D eigenvalue weighted by molar-refractivity contribution is 5.82. The number of benzene rings is 2. The fourth-order valence-electron chi connectivity index (χ4n) is 2.35. The summed E-state index contributed by atoms with van der Waals surface area (Å²) >= 11 is 0. The van der Waals surface area contributed by atoms with Crippen molar-refractivity contribution in [2.45, 2.75) is 12.5 Å². The molecule has 4 nitrogen and oxygen atoms in total. The Morgan fingerprint density at radius 2 is 1.82 bits per heavy atom. The van der Waals surface area contributed by atoms with Crippen LogP contribution in [0.25, 0.3) is 11.0 Å². The van der Waals surface area contributed by atoms with Gasteiger partial charge in [0.05, 0.1) is 0 Å². The number of fused-ring (bicyclic) bond motifs is 1. The van der Waals surface area contributed by atoms with Crippen molar-refractivity contribution in [3.05, 3.63) is 72.0 Å². The van der Waals surface area contributed by atoms with Crippen molar-refractivity contribution < 1.29 is 14.3 Å². The molecule has 0 fully saturated rings. The van der Waals surface area contributed by atoms with E-state index in [1.807, 2.05) is 36.4 Å². The first-order valence-electron chi connectivity index (χ1n) is 7.22. The smallest absolute Gasteiger partial charge is 0.253 e. The highest BCUT2D eigenvalue weighted by atomic mass is 16.3. The maximum absolute atomic E-state index is 11.9. The molecule has 1 amide bonds. The Hall–Kier alpha value is -2.59. The van der Waals surface area contributed by atoms with E-state index in [-0.39, 0.29) is 0 Å². The van der Waals surface area contributed by atoms with Crippen LogP contribution in [0.1, 0.15) is 17.4 Å². The molecule has 0 saturated heterocycles. The van der Waals surface area contributed by atoms with Gasteiger partial charge in [0.15, 0.2) is 6.10 Å². The molecule has 2 N–H and O–H groups in total. The third-order valence-electron chi connectivity index (χ3n) is 3.51. The van der Waals surface area contributed by atoms with E-state index >= 15 is 0 Å². The molecule has 0 radical (unpaired) electrons. The van der Waals surface area contributed by atoms with Crippen molar-refractivity contribution in [3.63, 3.8) is 0 Å². The molecule has 112 valence electrons. The van der Waals surface area contributed by atoms with E-state index in [0.717, 1.165) is 16.7 Å². The second-order valence-corrected chi connectivity index (χ2v) is 5.10. The average Bonchev–Trinajstić information content (AvgIpc) is 2.97. The Kier molecular flexibility index (Phi) is 4.21. The Balaban J connectivity index is 1.55. The van der Waals surface area contributed by atoms with Gasteiger partial charge in [0.1, 0.15) is 11.3 Å². The van der Waals surface area contributed by atoms with Crippen molar-refractivity contribution in [2.24, 2.45) is 0 Å². The minimum absolute atomic E-state index is 0.401. The second kappa shape index (κ2) is 6.45. The molecule has 0 aliphatic heterocycles. The quantitative estimate of drug-likeness (QED) is 0.761. The van der Waals surface area contributed by atoms with Gasteiger partial charge >= 0.3 is 0 Å². The predicted octanol–water partition coefficient (Wildman–Crippen LogP) is 2.83. The maximum Gasteiger partial charge on any atom is 0.253 e. The molecule has 1 atom stereocenters. The number of furan rings is 1. The number of carbonyl (C=O) groups excluding carboxylic acids is 1. The summed E-state index contributed by atoms with van der Waals surface area (Å²) in [6, 6.07) is 18.6. The van der Waals surface area contributed by atoms with Gasteiger partial charge in [-0.1, -0.05) is 48.5 Å². The zero-order valence-corrected chi connectivity index (χ0v) is 12.0.